The summed E-state index contributed by atoms with van der Waals surface area (Å²) in [6, 6.07) is 18.4. The normalized spacial score (nSPS) is 19.3. The van der Waals surface area contributed by atoms with E-state index in [1.54, 1.807) is 42.7 Å². The van der Waals surface area contributed by atoms with Crippen molar-refractivity contribution in [3.05, 3.63) is 71.3 Å². The fraction of sp³-hybridized carbons (Fsp3) is 0.400. The summed E-state index contributed by atoms with van der Waals surface area (Å²) < 4.78 is 33.8. The molecule has 3 aromatic rings. The van der Waals surface area contributed by atoms with Gasteiger partial charge in [-0.05, 0) is 71.9 Å². The lowest BCUT2D eigenvalue weighted by molar-refractivity contribution is 0.314. The van der Waals surface area contributed by atoms with E-state index in [4.69, 9.17) is 28.4 Å². The van der Waals surface area contributed by atoms with Gasteiger partial charge >= 0.3 is 0 Å². The van der Waals surface area contributed by atoms with Crippen LogP contribution in [0.4, 0.5) is 0 Å². The van der Waals surface area contributed by atoms with Crippen molar-refractivity contribution in [3.63, 3.8) is 0 Å². The molecule has 0 radical (unpaired) electrons. The quantitative estimate of drug-likeness (QED) is 0.337. The van der Waals surface area contributed by atoms with Crippen molar-refractivity contribution in [1.82, 2.24) is 0 Å². The monoisotopic (exact) mass is 492 g/mol. The zero-order chi connectivity index (χ0) is 25.7. The molecule has 0 amide bonds. The molecule has 4 rings (SSSR count). The third-order valence-electron chi connectivity index (χ3n) is 7.41. The van der Waals surface area contributed by atoms with Gasteiger partial charge in [0.15, 0.2) is 0 Å². The van der Waals surface area contributed by atoms with Gasteiger partial charge in [0.05, 0.1) is 42.7 Å². The number of hydrogen-bond acceptors (Lipinski definition) is 6. The Balaban J connectivity index is 1.79. The molecule has 2 unspecified atom stereocenters. The highest BCUT2D eigenvalue weighted by Crippen LogP contribution is 2.54. The molecule has 0 N–H and O–H groups in total. The summed E-state index contributed by atoms with van der Waals surface area (Å²) >= 11 is 0. The molecule has 1 aliphatic rings. The van der Waals surface area contributed by atoms with Gasteiger partial charge in [0.25, 0.3) is 0 Å². The van der Waals surface area contributed by atoms with Crippen molar-refractivity contribution >= 4 is 0 Å². The van der Waals surface area contributed by atoms with E-state index < -0.39 is 0 Å². The molecule has 3 atom stereocenters. The fourth-order valence-corrected chi connectivity index (χ4v) is 5.57. The number of methoxy groups -OCH3 is 6. The van der Waals surface area contributed by atoms with E-state index in [0.29, 0.717) is 5.92 Å². The molecule has 6 heteroatoms. The van der Waals surface area contributed by atoms with Crippen molar-refractivity contribution in [1.29, 1.82) is 0 Å². The van der Waals surface area contributed by atoms with Gasteiger partial charge in [-0.1, -0.05) is 18.2 Å². The second-order valence-corrected chi connectivity index (χ2v) is 9.05. The predicted molar refractivity (Wildman–Crippen MR) is 141 cm³/mol. The third-order valence-corrected chi connectivity index (χ3v) is 7.41. The predicted octanol–water partition coefficient (Wildman–Crippen LogP) is 6.57. The van der Waals surface area contributed by atoms with Gasteiger partial charge in [0, 0.05) is 18.2 Å². The first kappa shape index (κ1) is 25.5. The van der Waals surface area contributed by atoms with Crippen molar-refractivity contribution in [3.8, 4) is 34.5 Å². The van der Waals surface area contributed by atoms with Crippen molar-refractivity contribution < 1.29 is 28.4 Å². The van der Waals surface area contributed by atoms with Crippen LogP contribution in [0, 0.1) is 0 Å². The van der Waals surface area contributed by atoms with Crippen LogP contribution < -0.4 is 28.4 Å². The van der Waals surface area contributed by atoms with Gasteiger partial charge in [0.1, 0.15) is 34.5 Å². The van der Waals surface area contributed by atoms with Crippen LogP contribution in [-0.4, -0.2) is 42.7 Å². The maximum absolute atomic E-state index is 5.86. The molecular formula is C30H36O6. The summed E-state index contributed by atoms with van der Waals surface area (Å²) in [7, 11) is 10.2. The summed E-state index contributed by atoms with van der Waals surface area (Å²) in [5.41, 5.74) is 3.55. The van der Waals surface area contributed by atoms with E-state index in [1.165, 1.54) is 16.7 Å². The molecule has 6 nitrogen and oxygen atoms in total. The molecule has 1 aliphatic carbocycles. The summed E-state index contributed by atoms with van der Waals surface area (Å²) in [6.07, 6.45) is 2.95. The zero-order valence-electron chi connectivity index (χ0n) is 22.0. The van der Waals surface area contributed by atoms with Gasteiger partial charge in [-0.25, -0.2) is 0 Å². The van der Waals surface area contributed by atoms with E-state index in [1.807, 2.05) is 36.4 Å². The molecule has 0 saturated heterocycles. The Morgan fingerprint density at radius 2 is 0.889 bits per heavy atom. The van der Waals surface area contributed by atoms with Gasteiger partial charge in [-0.3, -0.25) is 0 Å². The summed E-state index contributed by atoms with van der Waals surface area (Å²) in [5.74, 6) is 5.65. The van der Waals surface area contributed by atoms with Gasteiger partial charge in [0.2, 0.25) is 0 Å². The smallest absolute Gasteiger partial charge is 0.126 e. The standard InChI is InChI=1S/C30H36O6/c1-31-20-8-12-23(28(16-20)34-4)19-7-11-24(25-13-9-21(32-2)17-29(25)35-5)27(15-19)26-14-10-22(33-3)18-30(26)36-6/h8-10,12-14,16-19,24,27H,7,11,15H2,1-6H3/t19?,24?,27-/m0/s1. The second kappa shape index (κ2) is 11.5. The Kier molecular flexibility index (Phi) is 8.14. The molecule has 3 aromatic carbocycles. The first-order valence-corrected chi connectivity index (χ1v) is 12.2. The Bertz CT molecular complexity index is 1170. The van der Waals surface area contributed by atoms with E-state index in [0.717, 1.165) is 53.8 Å². The second-order valence-electron chi connectivity index (χ2n) is 9.05. The van der Waals surface area contributed by atoms with Crippen LogP contribution >= 0.6 is 0 Å². The highest BCUT2D eigenvalue weighted by molar-refractivity contribution is 5.50. The first-order chi connectivity index (χ1) is 17.6. The van der Waals surface area contributed by atoms with E-state index >= 15 is 0 Å². The van der Waals surface area contributed by atoms with Crippen LogP contribution in [0.5, 0.6) is 34.5 Å². The van der Waals surface area contributed by atoms with Crippen LogP contribution in [-0.2, 0) is 0 Å². The lowest BCUT2D eigenvalue weighted by Gasteiger charge is -2.38. The first-order valence-electron chi connectivity index (χ1n) is 12.2. The maximum atomic E-state index is 5.86. The summed E-state index contributed by atoms with van der Waals surface area (Å²) in [6.45, 7) is 0. The molecule has 0 spiro atoms. The molecule has 0 aliphatic heterocycles. The topological polar surface area (TPSA) is 55.4 Å². The minimum Gasteiger partial charge on any atom is -0.497 e. The minimum absolute atomic E-state index is 0.193. The lowest BCUT2D eigenvalue weighted by atomic mass is 9.66. The zero-order valence-corrected chi connectivity index (χ0v) is 22.0. The highest BCUT2D eigenvalue weighted by atomic mass is 16.5. The Labute approximate surface area is 214 Å². The van der Waals surface area contributed by atoms with E-state index in [2.05, 4.69) is 18.2 Å². The molecule has 1 saturated carbocycles. The van der Waals surface area contributed by atoms with Gasteiger partial charge in [-0.15, -0.1) is 0 Å². The summed E-state index contributed by atoms with van der Waals surface area (Å²) in [4.78, 5) is 0. The van der Waals surface area contributed by atoms with Crippen molar-refractivity contribution in [2.24, 2.45) is 0 Å². The average Bonchev–Trinajstić information content (AvgIpc) is 2.95. The molecule has 36 heavy (non-hydrogen) atoms. The van der Waals surface area contributed by atoms with E-state index in [-0.39, 0.29) is 11.8 Å². The van der Waals surface area contributed by atoms with Crippen LogP contribution in [0.15, 0.2) is 54.6 Å². The highest BCUT2D eigenvalue weighted by Gasteiger charge is 2.37. The van der Waals surface area contributed by atoms with Crippen LogP contribution in [0.3, 0.4) is 0 Å². The maximum Gasteiger partial charge on any atom is 0.126 e. The van der Waals surface area contributed by atoms with Crippen molar-refractivity contribution in [2.45, 2.75) is 37.0 Å². The van der Waals surface area contributed by atoms with E-state index in [9.17, 15) is 0 Å². The fourth-order valence-electron chi connectivity index (χ4n) is 5.57. The Morgan fingerprint density at radius 3 is 1.33 bits per heavy atom. The molecule has 0 heterocycles. The Morgan fingerprint density at radius 1 is 0.472 bits per heavy atom. The van der Waals surface area contributed by atoms with Crippen LogP contribution in [0.1, 0.15) is 53.7 Å². The lowest BCUT2D eigenvalue weighted by Crippen LogP contribution is -2.22. The van der Waals surface area contributed by atoms with Gasteiger partial charge in [-0.2, -0.15) is 0 Å². The molecule has 0 aromatic heterocycles. The van der Waals surface area contributed by atoms with Gasteiger partial charge < -0.3 is 28.4 Å². The Hall–Kier alpha value is -3.54. The largest absolute Gasteiger partial charge is 0.497 e. The van der Waals surface area contributed by atoms with Crippen LogP contribution in [0.25, 0.3) is 0 Å². The SMILES string of the molecule is COc1ccc(C2CCC(c3ccc(OC)cc3OC)[C@@H](c3ccc(OC)cc3OC)C2)c(OC)c1. The van der Waals surface area contributed by atoms with Crippen molar-refractivity contribution in [2.75, 3.05) is 42.7 Å². The molecular weight excluding hydrogens is 456 g/mol. The molecule has 0 bridgehead atoms. The minimum atomic E-state index is 0.193. The molecule has 1 fully saturated rings. The summed E-state index contributed by atoms with van der Waals surface area (Å²) in [5, 5.41) is 0. The number of benzene rings is 3. The number of hydrogen-bond donors (Lipinski definition) is 0. The number of rotatable bonds is 9. The average molecular weight is 493 g/mol. The molecule has 192 valence electrons. The number of ether oxygens (including phenoxy) is 6. The third kappa shape index (κ3) is 5.03. The van der Waals surface area contributed by atoms with Crippen LogP contribution in [0.2, 0.25) is 0 Å².